The van der Waals surface area contributed by atoms with Gasteiger partial charge in [-0.25, -0.2) is 14.4 Å². The van der Waals surface area contributed by atoms with E-state index in [2.05, 4.69) is 51.7 Å². The summed E-state index contributed by atoms with van der Waals surface area (Å²) in [6.07, 6.45) is 7.42. The van der Waals surface area contributed by atoms with Crippen LogP contribution in [0.25, 0.3) is 33.1 Å². The van der Waals surface area contributed by atoms with Crippen LogP contribution in [0.3, 0.4) is 0 Å². The third-order valence-electron chi connectivity index (χ3n) is 6.38. The molecule has 160 valence electrons. The van der Waals surface area contributed by atoms with E-state index in [1.807, 2.05) is 16.9 Å². The van der Waals surface area contributed by atoms with E-state index in [0.717, 1.165) is 24.1 Å². The Morgan fingerprint density at radius 3 is 2.72 bits per heavy atom. The van der Waals surface area contributed by atoms with Gasteiger partial charge in [0.05, 0.1) is 22.8 Å². The Labute approximate surface area is 184 Å². The van der Waals surface area contributed by atoms with Crippen LogP contribution in [-0.2, 0) is 6.54 Å². The third kappa shape index (κ3) is 2.96. The van der Waals surface area contributed by atoms with Crippen molar-refractivity contribution in [1.82, 2.24) is 24.3 Å². The standard InChI is InChI=1S/C25H23FN6/c1-14-3-4-15(2)16(9-14)10-31-11-20-21(30-31)8-7-18(23(20)26)19-12-32(17-5-6-17)25-22(19)24(27)28-13-29-25/h3-4,7-9,11-13,17H,5-6,10H2,1-2H3,(H2,27,28,29). The van der Waals surface area contributed by atoms with Crippen molar-refractivity contribution in [1.29, 1.82) is 0 Å². The lowest BCUT2D eigenvalue weighted by molar-refractivity contribution is 0.642. The molecule has 1 fully saturated rings. The zero-order valence-electron chi connectivity index (χ0n) is 18.0. The maximum atomic E-state index is 15.8. The van der Waals surface area contributed by atoms with E-state index in [0.29, 0.717) is 40.3 Å². The number of fused-ring (bicyclic) bond motifs is 2. The fourth-order valence-electron chi connectivity index (χ4n) is 4.49. The summed E-state index contributed by atoms with van der Waals surface area (Å²) >= 11 is 0. The number of rotatable bonds is 4. The summed E-state index contributed by atoms with van der Waals surface area (Å²) in [7, 11) is 0. The van der Waals surface area contributed by atoms with Gasteiger partial charge in [-0.3, -0.25) is 4.68 Å². The normalized spacial score (nSPS) is 14.0. The number of benzene rings is 2. The zero-order chi connectivity index (χ0) is 22.0. The third-order valence-corrected chi connectivity index (χ3v) is 6.38. The first-order chi connectivity index (χ1) is 15.5. The Hall–Kier alpha value is -3.74. The first-order valence-corrected chi connectivity index (χ1v) is 10.8. The van der Waals surface area contributed by atoms with Gasteiger partial charge in [0.2, 0.25) is 0 Å². The van der Waals surface area contributed by atoms with E-state index >= 15 is 4.39 Å². The summed E-state index contributed by atoms with van der Waals surface area (Å²) in [5.41, 5.74) is 12.4. The molecule has 1 aliphatic rings. The van der Waals surface area contributed by atoms with Crippen molar-refractivity contribution >= 4 is 27.8 Å². The predicted octanol–water partition coefficient (Wildman–Crippen LogP) is 5.17. The Morgan fingerprint density at radius 1 is 1.06 bits per heavy atom. The monoisotopic (exact) mass is 426 g/mol. The molecule has 0 unspecified atom stereocenters. The maximum Gasteiger partial charge on any atom is 0.146 e. The van der Waals surface area contributed by atoms with E-state index in [1.54, 1.807) is 12.3 Å². The van der Waals surface area contributed by atoms with Crippen LogP contribution in [-0.4, -0.2) is 24.3 Å². The van der Waals surface area contributed by atoms with Gasteiger partial charge in [-0.05, 0) is 49.9 Å². The molecule has 6 nitrogen and oxygen atoms in total. The molecule has 0 radical (unpaired) electrons. The smallest absolute Gasteiger partial charge is 0.146 e. The minimum atomic E-state index is -0.298. The fourth-order valence-corrected chi connectivity index (χ4v) is 4.49. The maximum absolute atomic E-state index is 15.8. The molecule has 7 heteroatoms. The van der Waals surface area contributed by atoms with Gasteiger partial charge in [-0.1, -0.05) is 23.8 Å². The molecule has 6 rings (SSSR count). The summed E-state index contributed by atoms with van der Waals surface area (Å²) in [6.45, 7) is 4.75. The number of nitrogens with zero attached hydrogens (tertiary/aromatic N) is 5. The molecule has 5 aromatic rings. The number of nitrogens with two attached hydrogens (primary N) is 1. The fraction of sp³-hybridized carbons (Fsp3) is 0.240. The first-order valence-electron chi connectivity index (χ1n) is 10.8. The molecule has 0 atom stereocenters. The average Bonchev–Trinajstić information content (AvgIpc) is 3.41. The molecule has 0 spiro atoms. The second kappa shape index (κ2) is 6.88. The van der Waals surface area contributed by atoms with Gasteiger partial charge in [0.15, 0.2) is 0 Å². The topological polar surface area (TPSA) is 74.5 Å². The van der Waals surface area contributed by atoms with E-state index in [9.17, 15) is 0 Å². The van der Waals surface area contributed by atoms with Crippen LogP contribution in [0.4, 0.5) is 10.2 Å². The molecule has 1 saturated carbocycles. The quantitative estimate of drug-likeness (QED) is 0.430. The van der Waals surface area contributed by atoms with Crippen LogP contribution >= 0.6 is 0 Å². The lowest BCUT2D eigenvalue weighted by atomic mass is 10.0. The number of hydrogen-bond acceptors (Lipinski definition) is 4. The van der Waals surface area contributed by atoms with Gasteiger partial charge < -0.3 is 10.3 Å². The molecule has 32 heavy (non-hydrogen) atoms. The SMILES string of the molecule is Cc1ccc(C)c(Cn2cc3c(F)c(-c4cn(C5CC5)c5ncnc(N)c45)ccc3n2)c1. The van der Waals surface area contributed by atoms with Gasteiger partial charge >= 0.3 is 0 Å². The molecule has 3 aromatic heterocycles. The summed E-state index contributed by atoms with van der Waals surface area (Å²) < 4.78 is 19.7. The van der Waals surface area contributed by atoms with Gasteiger partial charge in [-0.2, -0.15) is 5.10 Å². The number of nitrogen functional groups attached to an aromatic ring is 1. The molecule has 0 amide bonds. The summed E-state index contributed by atoms with van der Waals surface area (Å²) in [5, 5.41) is 5.82. The number of hydrogen-bond donors (Lipinski definition) is 1. The molecule has 0 aliphatic heterocycles. The highest BCUT2D eigenvalue weighted by Gasteiger charge is 2.28. The van der Waals surface area contributed by atoms with Crippen molar-refractivity contribution in [3.8, 4) is 11.1 Å². The van der Waals surface area contributed by atoms with Crippen molar-refractivity contribution in [3.05, 3.63) is 71.6 Å². The van der Waals surface area contributed by atoms with E-state index < -0.39 is 0 Å². The summed E-state index contributed by atoms with van der Waals surface area (Å²) in [5.74, 6) is 0.0716. The number of aromatic nitrogens is 5. The molecular weight excluding hydrogens is 403 g/mol. The minimum absolute atomic E-state index is 0.298. The van der Waals surface area contributed by atoms with Gasteiger partial charge in [0, 0.05) is 29.6 Å². The van der Waals surface area contributed by atoms with Crippen molar-refractivity contribution in [3.63, 3.8) is 0 Å². The predicted molar refractivity (Wildman–Crippen MR) is 124 cm³/mol. The molecule has 2 N–H and O–H groups in total. The van der Waals surface area contributed by atoms with E-state index in [4.69, 9.17) is 5.73 Å². The Morgan fingerprint density at radius 2 is 1.91 bits per heavy atom. The summed E-state index contributed by atoms with van der Waals surface area (Å²) in [6, 6.07) is 10.4. The van der Waals surface area contributed by atoms with Crippen LogP contribution in [0.5, 0.6) is 0 Å². The molecular formula is C25H23FN6. The van der Waals surface area contributed by atoms with E-state index in [1.165, 1.54) is 23.0 Å². The highest BCUT2D eigenvalue weighted by Crippen LogP contribution is 2.43. The lowest BCUT2D eigenvalue weighted by Gasteiger charge is -2.07. The highest BCUT2D eigenvalue weighted by molar-refractivity contribution is 6.02. The average molecular weight is 426 g/mol. The minimum Gasteiger partial charge on any atom is -0.383 e. The van der Waals surface area contributed by atoms with Gasteiger partial charge in [0.25, 0.3) is 0 Å². The molecule has 0 saturated heterocycles. The van der Waals surface area contributed by atoms with Gasteiger partial charge in [-0.15, -0.1) is 0 Å². The highest BCUT2D eigenvalue weighted by atomic mass is 19.1. The van der Waals surface area contributed by atoms with Crippen molar-refractivity contribution < 1.29 is 4.39 Å². The second-order valence-corrected chi connectivity index (χ2v) is 8.76. The Kier molecular flexibility index (Phi) is 4.08. The molecule has 1 aliphatic carbocycles. The molecule has 3 heterocycles. The molecule has 0 bridgehead atoms. The van der Waals surface area contributed by atoms with Crippen LogP contribution in [0.1, 0.15) is 35.6 Å². The van der Waals surface area contributed by atoms with Crippen molar-refractivity contribution in [2.45, 2.75) is 39.3 Å². The largest absolute Gasteiger partial charge is 0.383 e. The van der Waals surface area contributed by atoms with Crippen molar-refractivity contribution in [2.24, 2.45) is 0 Å². The van der Waals surface area contributed by atoms with Crippen LogP contribution in [0.2, 0.25) is 0 Å². The number of aryl methyl sites for hydroxylation is 2. The van der Waals surface area contributed by atoms with Crippen LogP contribution < -0.4 is 5.73 Å². The second-order valence-electron chi connectivity index (χ2n) is 8.76. The summed E-state index contributed by atoms with van der Waals surface area (Å²) in [4.78, 5) is 8.60. The first kappa shape index (κ1) is 19.0. The van der Waals surface area contributed by atoms with E-state index in [-0.39, 0.29) is 5.82 Å². The van der Waals surface area contributed by atoms with Crippen LogP contribution in [0, 0.1) is 19.7 Å². The van der Waals surface area contributed by atoms with Gasteiger partial charge in [0.1, 0.15) is 23.6 Å². The molecule has 2 aromatic carbocycles. The van der Waals surface area contributed by atoms with Crippen molar-refractivity contribution in [2.75, 3.05) is 5.73 Å². The number of anilines is 1. The Bertz CT molecular complexity index is 1510. The number of halogens is 1. The lowest BCUT2D eigenvalue weighted by Crippen LogP contribution is -2.02. The Balaban J connectivity index is 1.48. The zero-order valence-corrected chi connectivity index (χ0v) is 18.0. The van der Waals surface area contributed by atoms with Crippen LogP contribution in [0.15, 0.2) is 49.1 Å².